The molecule has 2 aromatic heterocycles. The zero-order valence-electron chi connectivity index (χ0n) is 11.2. The van der Waals surface area contributed by atoms with Crippen molar-refractivity contribution in [2.75, 3.05) is 19.5 Å². The van der Waals surface area contributed by atoms with Crippen molar-refractivity contribution in [1.29, 1.82) is 0 Å². The number of aromatic amines is 1. The van der Waals surface area contributed by atoms with Gasteiger partial charge in [-0.1, -0.05) is 0 Å². The van der Waals surface area contributed by atoms with Crippen molar-refractivity contribution in [3.63, 3.8) is 0 Å². The molecule has 0 spiro atoms. The van der Waals surface area contributed by atoms with E-state index in [2.05, 4.69) is 20.3 Å². The van der Waals surface area contributed by atoms with Gasteiger partial charge in [-0.2, -0.15) is 4.98 Å². The number of aromatic nitrogens is 3. The van der Waals surface area contributed by atoms with Crippen LogP contribution in [-0.2, 0) is 0 Å². The molecule has 20 heavy (non-hydrogen) atoms. The first-order valence-electron chi connectivity index (χ1n) is 6.13. The van der Waals surface area contributed by atoms with E-state index in [1.165, 1.54) is 6.33 Å². The normalized spacial score (nSPS) is 10.5. The maximum Gasteiger partial charge on any atom is 0.247 e. The molecule has 0 aliphatic heterocycles. The molecule has 0 fully saturated rings. The summed E-state index contributed by atoms with van der Waals surface area (Å²) in [6.07, 6.45) is 3.28. The zero-order valence-corrected chi connectivity index (χ0v) is 11.2. The Morgan fingerprint density at radius 3 is 2.90 bits per heavy atom. The third-order valence-electron chi connectivity index (χ3n) is 2.97. The molecular weight excluding hydrogens is 256 g/mol. The zero-order chi connectivity index (χ0) is 13.9. The largest absolute Gasteiger partial charge is 0.494 e. The van der Waals surface area contributed by atoms with Gasteiger partial charge in [-0.25, -0.2) is 4.98 Å². The van der Waals surface area contributed by atoms with Gasteiger partial charge in [0.1, 0.15) is 23.3 Å². The second-order valence-corrected chi connectivity index (χ2v) is 4.13. The van der Waals surface area contributed by atoms with Gasteiger partial charge in [0.2, 0.25) is 5.88 Å². The summed E-state index contributed by atoms with van der Waals surface area (Å²) in [7, 11) is 3.46. The molecular formula is C14H14N4O2. The van der Waals surface area contributed by atoms with Crippen LogP contribution in [0.4, 0.5) is 5.69 Å². The Kier molecular flexibility index (Phi) is 3.12. The quantitative estimate of drug-likeness (QED) is 0.762. The van der Waals surface area contributed by atoms with Crippen molar-refractivity contribution in [2.45, 2.75) is 0 Å². The van der Waals surface area contributed by atoms with Crippen molar-refractivity contribution >= 4 is 16.7 Å². The lowest BCUT2D eigenvalue weighted by Crippen LogP contribution is -1.95. The minimum Gasteiger partial charge on any atom is -0.494 e. The SMILES string of the molecule is CNc1ccc(Oc2ncnc3cc[nH]c23)cc1OC. The monoisotopic (exact) mass is 270 g/mol. The van der Waals surface area contributed by atoms with Crippen LogP contribution in [0, 0.1) is 0 Å². The smallest absolute Gasteiger partial charge is 0.247 e. The number of hydrogen-bond acceptors (Lipinski definition) is 5. The fourth-order valence-corrected chi connectivity index (χ4v) is 1.98. The maximum atomic E-state index is 5.80. The van der Waals surface area contributed by atoms with E-state index < -0.39 is 0 Å². The number of anilines is 1. The molecule has 3 aromatic rings. The summed E-state index contributed by atoms with van der Waals surface area (Å²) in [5.41, 5.74) is 2.48. The lowest BCUT2D eigenvalue weighted by molar-refractivity contribution is 0.409. The number of rotatable bonds is 4. The fourth-order valence-electron chi connectivity index (χ4n) is 1.98. The van der Waals surface area contributed by atoms with E-state index in [0.29, 0.717) is 17.4 Å². The molecule has 1 aromatic carbocycles. The highest BCUT2D eigenvalue weighted by atomic mass is 16.5. The van der Waals surface area contributed by atoms with E-state index in [9.17, 15) is 0 Å². The molecule has 0 aliphatic rings. The summed E-state index contributed by atoms with van der Waals surface area (Å²) in [5, 5.41) is 3.05. The first kappa shape index (κ1) is 12.3. The number of nitrogens with one attached hydrogen (secondary N) is 2. The highest BCUT2D eigenvalue weighted by Crippen LogP contribution is 2.32. The summed E-state index contributed by atoms with van der Waals surface area (Å²) in [4.78, 5) is 11.4. The summed E-state index contributed by atoms with van der Waals surface area (Å²) in [6, 6.07) is 7.42. The number of fused-ring (bicyclic) bond motifs is 1. The minimum absolute atomic E-state index is 0.485. The topological polar surface area (TPSA) is 72.1 Å². The van der Waals surface area contributed by atoms with Crippen LogP contribution in [0.3, 0.4) is 0 Å². The number of hydrogen-bond donors (Lipinski definition) is 2. The van der Waals surface area contributed by atoms with Gasteiger partial charge in [0.05, 0.1) is 18.3 Å². The molecule has 6 heteroatoms. The van der Waals surface area contributed by atoms with Crippen molar-refractivity contribution < 1.29 is 9.47 Å². The fraction of sp³-hybridized carbons (Fsp3) is 0.143. The first-order valence-corrected chi connectivity index (χ1v) is 6.13. The Morgan fingerprint density at radius 2 is 2.10 bits per heavy atom. The molecule has 0 aliphatic carbocycles. The van der Waals surface area contributed by atoms with E-state index in [1.807, 2.05) is 31.3 Å². The average molecular weight is 270 g/mol. The highest BCUT2D eigenvalue weighted by Gasteiger charge is 2.09. The van der Waals surface area contributed by atoms with Crippen LogP contribution in [0.15, 0.2) is 36.8 Å². The molecule has 0 amide bonds. The summed E-state index contributed by atoms with van der Waals surface area (Å²) in [6.45, 7) is 0. The third-order valence-corrected chi connectivity index (χ3v) is 2.97. The van der Waals surface area contributed by atoms with Crippen LogP contribution < -0.4 is 14.8 Å². The number of ether oxygens (including phenoxy) is 2. The Hall–Kier alpha value is -2.76. The standard InChI is InChI=1S/C14H14N4O2/c1-15-10-4-3-9(7-12(10)19-2)20-14-13-11(5-6-16-13)17-8-18-14/h3-8,15-16H,1-2H3. The first-order chi connectivity index (χ1) is 9.81. The third kappa shape index (κ3) is 2.11. The Bertz CT molecular complexity index is 739. The molecule has 6 nitrogen and oxygen atoms in total. The summed E-state index contributed by atoms with van der Waals surface area (Å²) >= 11 is 0. The number of H-pyrrole nitrogens is 1. The summed E-state index contributed by atoms with van der Waals surface area (Å²) < 4.78 is 11.1. The Balaban J connectivity index is 1.96. The molecule has 0 saturated heterocycles. The van der Waals surface area contributed by atoms with Crippen molar-refractivity contribution in [1.82, 2.24) is 15.0 Å². The van der Waals surface area contributed by atoms with Crippen LogP contribution in [0.25, 0.3) is 11.0 Å². The minimum atomic E-state index is 0.485. The van der Waals surface area contributed by atoms with E-state index in [4.69, 9.17) is 9.47 Å². The number of benzene rings is 1. The van der Waals surface area contributed by atoms with Crippen LogP contribution in [0.1, 0.15) is 0 Å². The van der Waals surface area contributed by atoms with Crippen molar-refractivity contribution in [2.24, 2.45) is 0 Å². The average Bonchev–Trinajstić information content (AvgIpc) is 2.96. The molecule has 3 rings (SSSR count). The Morgan fingerprint density at radius 1 is 1.20 bits per heavy atom. The van der Waals surface area contributed by atoms with Crippen molar-refractivity contribution in [3.05, 3.63) is 36.8 Å². The predicted molar refractivity (Wildman–Crippen MR) is 76.5 cm³/mol. The predicted octanol–water partition coefficient (Wildman–Crippen LogP) is 2.80. The van der Waals surface area contributed by atoms with E-state index >= 15 is 0 Å². The molecule has 2 N–H and O–H groups in total. The number of methoxy groups -OCH3 is 1. The van der Waals surface area contributed by atoms with Gasteiger partial charge in [0, 0.05) is 19.3 Å². The number of nitrogens with zero attached hydrogens (tertiary/aromatic N) is 2. The molecule has 0 saturated carbocycles. The second kappa shape index (κ2) is 5.08. The lowest BCUT2D eigenvalue weighted by atomic mass is 10.2. The molecule has 102 valence electrons. The highest BCUT2D eigenvalue weighted by molar-refractivity contribution is 5.79. The van der Waals surface area contributed by atoms with Gasteiger partial charge in [-0.05, 0) is 18.2 Å². The lowest BCUT2D eigenvalue weighted by Gasteiger charge is -2.10. The van der Waals surface area contributed by atoms with Gasteiger partial charge >= 0.3 is 0 Å². The second-order valence-electron chi connectivity index (χ2n) is 4.13. The maximum absolute atomic E-state index is 5.80. The van der Waals surface area contributed by atoms with E-state index in [-0.39, 0.29) is 0 Å². The summed E-state index contributed by atoms with van der Waals surface area (Å²) in [5.74, 6) is 1.84. The molecule has 0 atom stereocenters. The van der Waals surface area contributed by atoms with Gasteiger partial charge in [-0.3, -0.25) is 0 Å². The van der Waals surface area contributed by atoms with Gasteiger partial charge < -0.3 is 19.8 Å². The van der Waals surface area contributed by atoms with Crippen molar-refractivity contribution in [3.8, 4) is 17.4 Å². The molecule has 0 radical (unpaired) electrons. The van der Waals surface area contributed by atoms with Gasteiger partial charge in [0.15, 0.2) is 0 Å². The van der Waals surface area contributed by atoms with Gasteiger partial charge in [-0.15, -0.1) is 0 Å². The molecule has 2 heterocycles. The van der Waals surface area contributed by atoms with Crippen LogP contribution in [-0.4, -0.2) is 29.1 Å². The van der Waals surface area contributed by atoms with Crippen LogP contribution >= 0.6 is 0 Å². The Labute approximate surface area is 115 Å². The van der Waals surface area contributed by atoms with Crippen LogP contribution in [0.5, 0.6) is 17.4 Å². The van der Waals surface area contributed by atoms with E-state index in [0.717, 1.165) is 16.7 Å². The van der Waals surface area contributed by atoms with E-state index in [1.54, 1.807) is 13.3 Å². The molecule has 0 bridgehead atoms. The van der Waals surface area contributed by atoms with Gasteiger partial charge in [0.25, 0.3) is 0 Å². The van der Waals surface area contributed by atoms with Crippen LogP contribution in [0.2, 0.25) is 0 Å². The molecule has 0 unspecified atom stereocenters.